The number of rotatable bonds is 4. The number of fused-ring (bicyclic) bond motifs is 1. The molecule has 0 aromatic heterocycles. The van der Waals surface area contributed by atoms with E-state index in [0.29, 0.717) is 17.9 Å². The number of amides is 1. The molecule has 1 heterocycles. The van der Waals surface area contributed by atoms with Gasteiger partial charge < -0.3 is 10.1 Å². The minimum absolute atomic E-state index is 0.182. The number of carbonyl (C=O) groups is 2. The largest absolute Gasteiger partial charge is 0.462 e. The molecule has 94 valence electrons. The van der Waals surface area contributed by atoms with Crippen LogP contribution in [0.15, 0.2) is 30.3 Å². The molecule has 0 saturated carbocycles. The summed E-state index contributed by atoms with van der Waals surface area (Å²) in [6, 6.07) is 7.16. The number of ether oxygens (including phenoxy) is 1. The third kappa shape index (κ3) is 2.59. The van der Waals surface area contributed by atoms with E-state index in [4.69, 9.17) is 4.74 Å². The molecule has 18 heavy (non-hydrogen) atoms. The van der Waals surface area contributed by atoms with Crippen molar-refractivity contribution < 1.29 is 14.3 Å². The fourth-order valence-corrected chi connectivity index (χ4v) is 1.76. The molecule has 1 aliphatic heterocycles. The van der Waals surface area contributed by atoms with Crippen LogP contribution < -0.4 is 5.32 Å². The molecule has 0 spiro atoms. The lowest BCUT2D eigenvalue weighted by molar-refractivity contribution is -0.137. The van der Waals surface area contributed by atoms with Crippen LogP contribution in [0.3, 0.4) is 0 Å². The Morgan fingerprint density at radius 2 is 2.06 bits per heavy atom. The lowest BCUT2D eigenvalue weighted by Gasteiger charge is -2.02. The third-order valence-corrected chi connectivity index (χ3v) is 2.71. The summed E-state index contributed by atoms with van der Waals surface area (Å²) in [6.07, 6.45) is 3.15. The van der Waals surface area contributed by atoms with Crippen molar-refractivity contribution in [2.75, 3.05) is 6.61 Å². The smallest absolute Gasteiger partial charge is 0.332 e. The van der Waals surface area contributed by atoms with E-state index in [0.717, 1.165) is 18.4 Å². The van der Waals surface area contributed by atoms with Crippen LogP contribution in [-0.4, -0.2) is 18.5 Å². The second kappa shape index (κ2) is 5.49. The molecule has 0 aliphatic carbocycles. The van der Waals surface area contributed by atoms with Gasteiger partial charge in [-0.25, -0.2) is 4.79 Å². The first-order valence-corrected chi connectivity index (χ1v) is 6.01. The Balaban J connectivity index is 2.11. The first-order chi connectivity index (χ1) is 8.72. The van der Waals surface area contributed by atoms with Crippen LogP contribution in [-0.2, 0) is 9.53 Å². The van der Waals surface area contributed by atoms with E-state index >= 15 is 0 Å². The van der Waals surface area contributed by atoms with Crippen molar-refractivity contribution in [2.24, 2.45) is 0 Å². The van der Waals surface area contributed by atoms with Crippen molar-refractivity contribution in [3.05, 3.63) is 41.5 Å². The molecule has 0 unspecified atom stereocenters. The molecule has 0 saturated heterocycles. The molecule has 1 N–H and O–H groups in total. The molecule has 1 amide bonds. The van der Waals surface area contributed by atoms with Crippen molar-refractivity contribution in [3.8, 4) is 0 Å². The Hall–Kier alpha value is -2.10. The van der Waals surface area contributed by atoms with Crippen LogP contribution in [0.4, 0.5) is 0 Å². The van der Waals surface area contributed by atoms with Crippen LogP contribution >= 0.6 is 0 Å². The SMILES string of the molecule is CCCCOC(=O)/C=C1/NC(=O)c2ccccc21. The van der Waals surface area contributed by atoms with Gasteiger partial charge in [0.15, 0.2) is 0 Å². The van der Waals surface area contributed by atoms with E-state index in [-0.39, 0.29) is 5.91 Å². The number of hydrogen-bond donors (Lipinski definition) is 1. The Kier molecular flexibility index (Phi) is 3.77. The summed E-state index contributed by atoms with van der Waals surface area (Å²) in [5.74, 6) is -0.603. The molecule has 0 radical (unpaired) electrons. The topological polar surface area (TPSA) is 55.4 Å². The Morgan fingerprint density at radius 1 is 1.33 bits per heavy atom. The second-order valence-electron chi connectivity index (χ2n) is 4.08. The molecule has 0 bridgehead atoms. The van der Waals surface area contributed by atoms with Gasteiger partial charge in [0.2, 0.25) is 0 Å². The summed E-state index contributed by atoms with van der Waals surface area (Å²) < 4.78 is 5.03. The lowest BCUT2D eigenvalue weighted by atomic mass is 10.1. The number of unbranched alkanes of at least 4 members (excludes halogenated alkanes) is 1. The molecule has 2 rings (SSSR count). The van der Waals surface area contributed by atoms with Gasteiger partial charge in [-0.05, 0) is 12.5 Å². The maximum atomic E-state index is 11.6. The number of nitrogens with one attached hydrogen (secondary N) is 1. The second-order valence-corrected chi connectivity index (χ2v) is 4.08. The normalized spacial score (nSPS) is 15.4. The average molecular weight is 245 g/mol. The standard InChI is InChI=1S/C14H15NO3/c1-2-3-8-18-13(16)9-12-10-6-4-5-7-11(10)14(17)15-12/h4-7,9H,2-3,8H2,1H3,(H,15,17)/b12-9+. The van der Waals surface area contributed by atoms with Gasteiger partial charge in [-0.3, -0.25) is 4.79 Å². The molecule has 0 atom stereocenters. The Morgan fingerprint density at radius 3 is 2.78 bits per heavy atom. The molecular formula is C14H15NO3. The predicted molar refractivity (Wildman–Crippen MR) is 67.8 cm³/mol. The fourth-order valence-electron chi connectivity index (χ4n) is 1.76. The van der Waals surface area contributed by atoms with Crippen molar-refractivity contribution in [1.29, 1.82) is 0 Å². The van der Waals surface area contributed by atoms with Gasteiger partial charge in [-0.2, -0.15) is 0 Å². The first-order valence-electron chi connectivity index (χ1n) is 6.01. The predicted octanol–water partition coefficient (Wildman–Crippen LogP) is 2.11. The van der Waals surface area contributed by atoms with Crippen molar-refractivity contribution in [3.63, 3.8) is 0 Å². The van der Waals surface area contributed by atoms with Crippen molar-refractivity contribution in [2.45, 2.75) is 19.8 Å². The van der Waals surface area contributed by atoms with E-state index in [9.17, 15) is 9.59 Å². The number of benzene rings is 1. The number of esters is 1. The summed E-state index contributed by atoms with van der Waals surface area (Å²) >= 11 is 0. The highest BCUT2D eigenvalue weighted by atomic mass is 16.5. The van der Waals surface area contributed by atoms with E-state index in [1.807, 2.05) is 13.0 Å². The molecule has 1 aromatic rings. The fraction of sp³-hybridized carbons (Fsp3) is 0.286. The summed E-state index contributed by atoms with van der Waals surface area (Å²) in [7, 11) is 0. The zero-order chi connectivity index (χ0) is 13.0. The number of hydrogen-bond acceptors (Lipinski definition) is 3. The molecule has 0 fully saturated rings. The van der Waals surface area contributed by atoms with E-state index in [1.165, 1.54) is 6.08 Å². The summed E-state index contributed by atoms with van der Waals surface area (Å²) in [5.41, 5.74) is 1.84. The Bertz CT molecular complexity index is 506. The van der Waals surface area contributed by atoms with Gasteiger partial charge in [-0.15, -0.1) is 0 Å². The minimum atomic E-state index is -0.421. The Labute approximate surface area is 106 Å². The molecular weight excluding hydrogens is 230 g/mol. The van der Waals surface area contributed by atoms with Crippen LogP contribution in [0, 0.1) is 0 Å². The van der Waals surface area contributed by atoms with Gasteiger partial charge in [-0.1, -0.05) is 31.5 Å². The van der Waals surface area contributed by atoms with Crippen LogP contribution in [0.1, 0.15) is 35.7 Å². The maximum Gasteiger partial charge on any atom is 0.332 e. The van der Waals surface area contributed by atoms with Crippen molar-refractivity contribution >= 4 is 17.6 Å². The van der Waals surface area contributed by atoms with E-state index in [2.05, 4.69) is 5.32 Å². The molecule has 4 nitrogen and oxygen atoms in total. The molecule has 1 aliphatic rings. The highest BCUT2D eigenvalue weighted by molar-refractivity contribution is 6.11. The highest BCUT2D eigenvalue weighted by Gasteiger charge is 2.23. The first kappa shape index (κ1) is 12.4. The molecule has 1 aromatic carbocycles. The minimum Gasteiger partial charge on any atom is -0.462 e. The highest BCUT2D eigenvalue weighted by Crippen LogP contribution is 2.23. The summed E-state index contributed by atoms with van der Waals surface area (Å²) in [5, 5.41) is 2.66. The quantitative estimate of drug-likeness (QED) is 0.502. The maximum absolute atomic E-state index is 11.6. The van der Waals surface area contributed by atoms with Gasteiger partial charge in [0.1, 0.15) is 0 Å². The monoisotopic (exact) mass is 245 g/mol. The van der Waals surface area contributed by atoms with Crippen LogP contribution in [0.25, 0.3) is 5.70 Å². The van der Waals surface area contributed by atoms with E-state index < -0.39 is 5.97 Å². The van der Waals surface area contributed by atoms with Gasteiger partial charge >= 0.3 is 5.97 Å². The van der Waals surface area contributed by atoms with Gasteiger partial charge in [0, 0.05) is 17.2 Å². The van der Waals surface area contributed by atoms with Gasteiger partial charge in [0.05, 0.1) is 12.3 Å². The zero-order valence-electron chi connectivity index (χ0n) is 10.2. The number of carbonyl (C=O) groups excluding carboxylic acids is 2. The van der Waals surface area contributed by atoms with E-state index in [1.54, 1.807) is 18.2 Å². The van der Waals surface area contributed by atoms with Crippen molar-refractivity contribution in [1.82, 2.24) is 5.32 Å². The van der Waals surface area contributed by atoms with Crippen LogP contribution in [0.5, 0.6) is 0 Å². The zero-order valence-corrected chi connectivity index (χ0v) is 10.2. The van der Waals surface area contributed by atoms with Gasteiger partial charge in [0.25, 0.3) is 5.91 Å². The lowest BCUT2D eigenvalue weighted by Crippen LogP contribution is -2.13. The summed E-state index contributed by atoms with van der Waals surface area (Å²) in [4.78, 5) is 23.2. The third-order valence-electron chi connectivity index (χ3n) is 2.71. The summed E-state index contributed by atoms with van der Waals surface area (Å²) in [6.45, 7) is 2.44. The average Bonchev–Trinajstić information content (AvgIpc) is 2.67. The van der Waals surface area contributed by atoms with Crippen LogP contribution in [0.2, 0.25) is 0 Å². The molecule has 4 heteroatoms.